The smallest absolute Gasteiger partial charge is 0.249 e. The van der Waals surface area contributed by atoms with Crippen molar-refractivity contribution in [2.24, 2.45) is 11.1 Å². The van der Waals surface area contributed by atoms with Crippen molar-refractivity contribution in [3.05, 3.63) is 66.5 Å². The number of alkyl halides is 1. The zero-order valence-corrected chi connectivity index (χ0v) is 20.9. The third-order valence-corrected chi connectivity index (χ3v) is 5.61. The van der Waals surface area contributed by atoms with Gasteiger partial charge in [-0.1, -0.05) is 51.1 Å². The van der Waals surface area contributed by atoms with Crippen molar-refractivity contribution in [2.45, 2.75) is 46.5 Å². The largest absolute Gasteiger partial charge is 0.372 e. The van der Waals surface area contributed by atoms with Gasteiger partial charge in [0.1, 0.15) is 30.0 Å². The van der Waals surface area contributed by atoms with Crippen LogP contribution < -0.4 is 5.73 Å². The van der Waals surface area contributed by atoms with E-state index >= 15 is 0 Å². The summed E-state index contributed by atoms with van der Waals surface area (Å²) in [6.45, 7) is 8.29. The summed E-state index contributed by atoms with van der Waals surface area (Å²) in [5, 5.41) is 0. The fourth-order valence-electron chi connectivity index (χ4n) is 4.02. The molecule has 3 rings (SSSR count). The Kier molecular flexibility index (Phi) is 9.06. The molecule has 0 saturated carbocycles. The number of carbonyl (C=O) groups is 1. The van der Waals surface area contributed by atoms with Gasteiger partial charge in [0.05, 0.1) is 18.8 Å². The van der Waals surface area contributed by atoms with E-state index in [-0.39, 0.29) is 25.6 Å². The maximum Gasteiger partial charge on any atom is 0.249 e. The Morgan fingerprint density at radius 3 is 2.54 bits per heavy atom. The van der Waals surface area contributed by atoms with Crippen molar-refractivity contribution >= 4 is 5.91 Å². The van der Waals surface area contributed by atoms with Crippen molar-refractivity contribution < 1.29 is 13.9 Å². The first-order valence-corrected chi connectivity index (χ1v) is 11.8. The highest BCUT2D eigenvalue weighted by Crippen LogP contribution is 2.39. The number of hydrogen-bond donors (Lipinski definition) is 1. The number of nitrogens with zero attached hydrogens (tertiary/aromatic N) is 5. The summed E-state index contributed by atoms with van der Waals surface area (Å²) in [6.07, 6.45) is 5.40. The number of benzene rings is 1. The highest BCUT2D eigenvalue weighted by Gasteiger charge is 2.39. The molecule has 188 valence electrons. The number of rotatable bonds is 11. The van der Waals surface area contributed by atoms with E-state index in [9.17, 15) is 9.18 Å². The fourth-order valence-corrected chi connectivity index (χ4v) is 4.02. The van der Waals surface area contributed by atoms with Crippen LogP contribution in [0.5, 0.6) is 0 Å². The molecule has 0 fully saturated rings. The summed E-state index contributed by atoms with van der Waals surface area (Å²) in [4.78, 5) is 28.3. The van der Waals surface area contributed by atoms with Crippen LogP contribution in [0.3, 0.4) is 0 Å². The number of hydrogen-bond acceptors (Lipinski definition) is 6. The zero-order valence-electron chi connectivity index (χ0n) is 20.9. The molecule has 1 amide bonds. The molecule has 0 saturated heterocycles. The van der Waals surface area contributed by atoms with Crippen LogP contribution in [0.4, 0.5) is 4.39 Å². The predicted molar refractivity (Wildman–Crippen MR) is 133 cm³/mol. The van der Waals surface area contributed by atoms with Gasteiger partial charge in [0, 0.05) is 38.3 Å². The van der Waals surface area contributed by atoms with Crippen molar-refractivity contribution in [3.8, 4) is 11.4 Å². The second-order valence-corrected chi connectivity index (χ2v) is 9.47. The topological polar surface area (TPSA) is 99.2 Å². The van der Waals surface area contributed by atoms with Crippen LogP contribution in [-0.2, 0) is 16.1 Å². The summed E-state index contributed by atoms with van der Waals surface area (Å²) in [7, 11) is 0. The number of amides is 1. The SMILES string of the molecule is CCOCC(=O)N(CC(F)CN)C(c1nc(-c2cnccn2)cn1Cc1ccccc1)C(C)(C)C. The van der Waals surface area contributed by atoms with Crippen molar-refractivity contribution in [3.63, 3.8) is 0 Å². The normalized spacial score (nSPS) is 13.4. The Balaban J connectivity index is 2.15. The number of nitrogens with two attached hydrogens (primary N) is 1. The zero-order chi connectivity index (χ0) is 25.4. The van der Waals surface area contributed by atoms with Gasteiger partial charge >= 0.3 is 0 Å². The van der Waals surface area contributed by atoms with E-state index in [0.29, 0.717) is 30.4 Å². The Morgan fingerprint density at radius 1 is 1.20 bits per heavy atom. The van der Waals surface area contributed by atoms with Crippen LogP contribution in [0.15, 0.2) is 55.1 Å². The fraction of sp³-hybridized carbons (Fsp3) is 0.462. The minimum absolute atomic E-state index is 0.142. The molecule has 1 aromatic carbocycles. The second kappa shape index (κ2) is 12.0. The van der Waals surface area contributed by atoms with Gasteiger partial charge in [-0.25, -0.2) is 9.37 Å². The van der Waals surface area contributed by atoms with E-state index in [4.69, 9.17) is 15.5 Å². The number of imidazole rings is 1. The van der Waals surface area contributed by atoms with Crippen molar-refractivity contribution in [1.29, 1.82) is 0 Å². The van der Waals surface area contributed by atoms with Crippen molar-refractivity contribution in [2.75, 3.05) is 26.3 Å². The Labute approximate surface area is 206 Å². The lowest BCUT2D eigenvalue weighted by Gasteiger charge is -2.40. The quantitative estimate of drug-likeness (QED) is 0.448. The van der Waals surface area contributed by atoms with E-state index in [1.165, 1.54) is 4.90 Å². The Hall–Kier alpha value is -3.17. The summed E-state index contributed by atoms with van der Waals surface area (Å²) < 4.78 is 22.0. The molecule has 9 heteroatoms. The minimum Gasteiger partial charge on any atom is -0.372 e. The van der Waals surface area contributed by atoms with E-state index in [1.54, 1.807) is 18.6 Å². The summed E-state index contributed by atoms with van der Waals surface area (Å²) in [5.41, 5.74) is 7.44. The third-order valence-electron chi connectivity index (χ3n) is 5.61. The number of carbonyl (C=O) groups excluding carboxylic acids is 1. The van der Waals surface area contributed by atoms with E-state index in [1.807, 2.05) is 68.8 Å². The maximum atomic E-state index is 14.6. The van der Waals surface area contributed by atoms with E-state index in [2.05, 4.69) is 9.97 Å². The van der Waals surface area contributed by atoms with Gasteiger partial charge in [-0.2, -0.15) is 0 Å². The molecule has 35 heavy (non-hydrogen) atoms. The highest BCUT2D eigenvalue weighted by atomic mass is 19.1. The van der Waals surface area contributed by atoms with Gasteiger partial charge in [0.15, 0.2) is 0 Å². The molecule has 0 aliphatic carbocycles. The van der Waals surface area contributed by atoms with E-state index < -0.39 is 17.6 Å². The maximum absolute atomic E-state index is 14.6. The Morgan fingerprint density at radius 2 is 1.94 bits per heavy atom. The third kappa shape index (κ3) is 6.93. The number of aromatic nitrogens is 4. The molecule has 2 heterocycles. The molecule has 8 nitrogen and oxygen atoms in total. The predicted octanol–water partition coefficient (Wildman–Crippen LogP) is 3.64. The first-order valence-electron chi connectivity index (χ1n) is 11.8. The molecule has 0 spiro atoms. The van der Waals surface area contributed by atoms with Gasteiger partial charge in [0.25, 0.3) is 0 Å². The van der Waals surface area contributed by atoms with Crippen LogP contribution in [0.2, 0.25) is 0 Å². The average molecular weight is 483 g/mol. The molecule has 2 aromatic heterocycles. The van der Waals surface area contributed by atoms with Gasteiger partial charge in [0.2, 0.25) is 5.91 Å². The molecular weight excluding hydrogens is 447 g/mol. The molecule has 2 unspecified atom stereocenters. The molecule has 2 atom stereocenters. The standard InChI is InChI=1S/C26H35FN6O2/c1-5-35-18-23(34)33(16-20(27)13-28)24(26(2,3)4)25-31-22(21-14-29-11-12-30-21)17-32(25)15-19-9-7-6-8-10-19/h6-12,14,17,20,24H,5,13,15-16,18,28H2,1-4H3. The van der Waals surface area contributed by atoms with Crippen LogP contribution in [0.1, 0.15) is 45.1 Å². The van der Waals surface area contributed by atoms with Gasteiger partial charge < -0.3 is 19.9 Å². The van der Waals surface area contributed by atoms with Gasteiger partial charge in [-0.3, -0.25) is 14.8 Å². The first kappa shape index (κ1) is 26.4. The summed E-state index contributed by atoms with van der Waals surface area (Å²) in [6, 6.07) is 9.43. The van der Waals surface area contributed by atoms with Crippen LogP contribution in [-0.4, -0.2) is 62.8 Å². The van der Waals surface area contributed by atoms with Crippen LogP contribution in [0.25, 0.3) is 11.4 Å². The van der Waals surface area contributed by atoms with E-state index in [0.717, 1.165) is 5.56 Å². The average Bonchev–Trinajstić information content (AvgIpc) is 3.25. The molecule has 2 N–H and O–H groups in total. The lowest BCUT2D eigenvalue weighted by atomic mass is 9.84. The summed E-state index contributed by atoms with van der Waals surface area (Å²) in [5.74, 6) is 0.328. The molecule has 0 radical (unpaired) electrons. The second-order valence-electron chi connectivity index (χ2n) is 9.47. The van der Waals surface area contributed by atoms with Crippen molar-refractivity contribution in [1.82, 2.24) is 24.4 Å². The molecular formula is C26H35FN6O2. The van der Waals surface area contributed by atoms with Gasteiger partial charge in [-0.15, -0.1) is 0 Å². The molecule has 0 aliphatic heterocycles. The lowest BCUT2D eigenvalue weighted by Crippen LogP contribution is -2.47. The number of ether oxygens (including phenoxy) is 1. The lowest BCUT2D eigenvalue weighted by molar-refractivity contribution is -0.142. The number of halogens is 1. The first-order chi connectivity index (χ1) is 16.7. The molecule has 0 bridgehead atoms. The monoisotopic (exact) mass is 482 g/mol. The van der Waals surface area contributed by atoms with Crippen LogP contribution in [0, 0.1) is 5.41 Å². The Bertz CT molecular complexity index is 1070. The molecule has 3 aromatic rings. The highest BCUT2D eigenvalue weighted by molar-refractivity contribution is 5.78. The summed E-state index contributed by atoms with van der Waals surface area (Å²) >= 11 is 0. The molecule has 0 aliphatic rings. The van der Waals surface area contributed by atoms with Crippen LogP contribution >= 0.6 is 0 Å². The van der Waals surface area contributed by atoms with Gasteiger partial charge in [-0.05, 0) is 17.9 Å². The minimum atomic E-state index is -1.37.